The van der Waals surface area contributed by atoms with Crippen molar-refractivity contribution in [3.8, 4) is 0 Å². The highest BCUT2D eigenvalue weighted by Crippen LogP contribution is 2.29. The molecule has 0 unspecified atom stereocenters. The summed E-state index contributed by atoms with van der Waals surface area (Å²) in [6.07, 6.45) is 1.57. The first-order chi connectivity index (χ1) is 7.82. The second-order valence-corrected chi connectivity index (χ2v) is 5.57. The van der Waals surface area contributed by atoms with Gasteiger partial charge in [-0.05, 0) is 26.7 Å². The van der Waals surface area contributed by atoms with Crippen molar-refractivity contribution in [3.05, 3.63) is 0 Å². The molecule has 98 valence electrons. The van der Waals surface area contributed by atoms with Gasteiger partial charge in [0.15, 0.2) is 0 Å². The van der Waals surface area contributed by atoms with Crippen LogP contribution in [-0.2, 0) is 9.59 Å². The van der Waals surface area contributed by atoms with Gasteiger partial charge in [0.1, 0.15) is 0 Å². The number of hydrogen-bond donors (Lipinski definition) is 1. The third-order valence-corrected chi connectivity index (χ3v) is 3.48. The fraction of sp³-hybridized carbons (Fsp3) is 0.846. The van der Waals surface area contributed by atoms with E-state index in [1.165, 1.54) is 0 Å². The molecule has 1 saturated carbocycles. The van der Waals surface area contributed by atoms with E-state index < -0.39 is 0 Å². The fourth-order valence-corrected chi connectivity index (χ4v) is 1.85. The van der Waals surface area contributed by atoms with E-state index in [1.54, 1.807) is 4.90 Å². The van der Waals surface area contributed by atoms with Gasteiger partial charge in [0.2, 0.25) is 11.8 Å². The Labute approximate surface area is 104 Å². The summed E-state index contributed by atoms with van der Waals surface area (Å²) in [5, 5.41) is 2.96. The Morgan fingerprint density at radius 1 is 1.18 bits per heavy atom. The van der Waals surface area contributed by atoms with Crippen molar-refractivity contribution in [2.75, 3.05) is 7.05 Å². The molecule has 0 atom stereocenters. The third-order valence-electron chi connectivity index (χ3n) is 3.48. The Kier molecular flexibility index (Phi) is 4.54. The van der Waals surface area contributed by atoms with Crippen LogP contribution in [0.2, 0.25) is 0 Å². The van der Waals surface area contributed by atoms with E-state index >= 15 is 0 Å². The average Bonchev–Trinajstić information content (AvgIpc) is 2.19. The minimum absolute atomic E-state index is 0.0167. The fourth-order valence-electron chi connectivity index (χ4n) is 1.85. The van der Waals surface area contributed by atoms with E-state index in [0.717, 1.165) is 12.8 Å². The van der Waals surface area contributed by atoms with E-state index in [0.29, 0.717) is 0 Å². The van der Waals surface area contributed by atoms with E-state index in [4.69, 9.17) is 0 Å². The average molecular weight is 240 g/mol. The van der Waals surface area contributed by atoms with E-state index in [9.17, 15) is 9.59 Å². The second kappa shape index (κ2) is 5.52. The molecule has 1 aliphatic carbocycles. The van der Waals surface area contributed by atoms with Crippen molar-refractivity contribution in [2.45, 2.75) is 52.6 Å². The van der Waals surface area contributed by atoms with E-state index in [-0.39, 0.29) is 35.7 Å². The molecule has 0 spiro atoms. The molecule has 17 heavy (non-hydrogen) atoms. The van der Waals surface area contributed by atoms with Crippen molar-refractivity contribution < 1.29 is 9.59 Å². The highest BCUT2D eigenvalue weighted by molar-refractivity contribution is 5.81. The summed E-state index contributed by atoms with van der Waals surface area (Å²) in [5.74, 6) is 0.399. The Morgan fingerprint density at radius 3 is 2.12 bits per heavy atom. The lowest BCUT2D eigenvalue weighted by atomic mass is 9.79. The molecule has 4 heteroatoms. The molecule has 1 aliphatic rings. The molecule has 0 saturated heterocycles. The lowest BCUT2D eigenvalue weighted by Gasteiger charge is -2.38. The van der Waals surface area contributed by atoms with Crippen LogP contribution in [0, 0.1) is 11.8 Å². The van der Waals surface area contributed by atoms with Gasteiger partial charge in [0.25, 0.3) is 0 Å². The number of hydrogen-bond acceptors (Lipinski definition) is 2. The lowest BCUT2D eigenvalue weighted by Crippen LogP contribution is -2.51. The van der Waals surface area contributed by atoms with Crippen molar-refractivity contribution in [1.82, 2.24) is 10.2 Å². The molecule has 0 radical (unpaired) electrons. The zero-order valence-corrected chi connectivity index (χ0v) is 11.5. The molecule has 0 aromatic carbocycles. The standard InChI is InChI=1S/C13H24N2O2/c1-8(2)12(16)14-11-6-10(7-11)13(17)15(5)9(3)4/h8-11H,6-7H2,1-5H3,(H,14,16). The summed E-state index contributed by atoms with van der Waals surface area (Å²) in [7, 11) is 1.84. The molecular weight excluding hydrogens is 216 g/mol. The summed E-state index contributed by atoms with van der Waals surface area (Å²) in [6.45, 7) is 7.77. The zero-order chi connectivity index (χ0) is 13.2. The highest BCUT2D eigenvalue weighted by atomic mass is 16.2. The molecule has 0 bridgehead atoms. The minimum atomic E-state index is 0.0167. The molecule has 1 fully saturated rings. The Balaban J connectivity index is 2.32. The van der Waals surface area contributed by atoms with Crippen molar-refractivity contribution >= 4 is 11.8 Å². The monoisotopic (exact) mass is 240 g/mol. The van der Waals surface area contributed by atoms with Crippen LogP contribution in [0.1, 0.15) is 40.5 Å². The molecule has 1 N–H and O–H groups in total. The van der Waals surface area contributed by atoms with Crippen LogP contribution in [0.25, 0.3) is 0 Å². The number of nitrogens with one attached hydrogen (secondary N) is 1. The van der Waals surface area contributed by atoms with Crippen LogP contribution in [0.15, 0.2) is 0 Å². The molecule has 0 heterocycles. The lowest BCUT2D eigenvalue weighted by molar-refractivity contribution is -0.140. The summed E-state index contributed by atoms with van der Waals surface area (Å²) in [4.78, 5) is 25.2. The first kappa shape index (κ1) is 14.0. The van der Waals surface area contributed by atoms with Gasteiger partial charge in [-0.2, -0.15) is 0 Å². The first-order valence-electron chi connectivity index (χ1n) is 6.40. The van der Waals surface area contributed by atoms with Crippen molar-refractivity contribution in [2.24, 2.45) is 11.8 Å². The Morgan fingerprint density at radius 2 is 1.71 bits per heavy atom. The molecular formula is C13H24N2O2. The van der Waals surface area contributed by atoms with Gasteiger partial charge in [-0.25, -0.2) is 0 Å². The number of carbonyl (C=O) groups excluding carboxylic acids is 2. The van der Waals surface area contributed by atoms with Crippen LogP contribution in [0.4, 0.5) is 0 Å². The second-order valence-electron chi connectivity index (χ2n) is 5.57. The Bertz CT molecular complexity index is 294. The predicted octanol–water partition coefficient (Wildman–Crippen LogP) is 1.40. The molecule has 2 amide bonds. The number of carbonyl (C=O) groups is 2. The summed E-state index contributed by atoms with van der Waals surface area (Å²) < 4.78 is 0. The van der Waals surface area contributed by atoms with E-state index in [1.807, 2.05) is 34.7 Å². The van der Waals surface area contributed by atoms with Gasteiger partial charge in [-0.3, -0.25) is 9.59 Å². The molecule has 0 aliphatic heterocycles. The normalized spacial score (nSPS) is 23.5. The topological polar surface area (TPSA) is 49.4 Å². The highest BCUT2D eigenvalue weighted by Gasteiger charge is 2.37. The van der Waals surface area contributed by atoms with Crippen molar-refractivity contribution in [3.63, 3.8) is 0 Å². The van der Waals surface area contributed by atoms with Gasteiger partial charge in [0, 0.05) is 31.0 Å². The summed E-state index contributed by atoms with van der Waals surface area (Å²) in [5.41, 5.74) is 0. The smallest absolute Gasteiger partial charge is 0.225 e. The van der Waals surface area contributed by atoms with Gasteiger partial charge in [0.05, 0.1) is 0 Å². The molecule has 4 nitrogen and oxygen atoms in total. The van der Waals surface area contributed by atoms with Crippen LogP contribution in [-0.4, -0.2) is 35.8 Å². The van der Waals surface area contributed by atoms with Crippen LogP contribution in [0.5, 0.6) is 0 Å². The molecule has 1 rings (SSSR count). The largest absolute Gasteiger partial charge is 0.353 e. The van der Waals surface area contributed by atoms with Gasteiger partial charge >= 0.3 is 0 Å². The predicted molar refractivity (Wildman–Crippen MR) is 67.4 cm³/mol. The maximum absolute atomic E-state index is 11.9. The maximum atomic E-state index is 11.9. The van der Waals surface area contributed by atoms with Gasteiger partial charge < -0.3 is 10.2 Å². The Hall–Kier alpha value is -1.06. The summed E-state index contributed by atoms with van der Waals surface area (Å²) >= 11 is 0. The summed E-state index contributed by atoms with van der Waals surface area (Å²) in [6, 6.07) is 0.436. The van der Waals surface area contributed by atoms with Crippen LogP contribution < -0.4 is 5.32 Å². The number of nitrogens with zero attached hydrogens (tertiary/aromatic N) is 1. The first-order valence-corrected chi connectivity index (χ1v) is 6.40. The maximum Gasteiger partial charge on any atom is 0.225 e. The molecule has 0 aromatic rings. The number of amides is 2. The minimum Gasteiger partial charge on any atom is -0.353 e. The quantitative estimate of drug-likeness (QED) is 0.807. The zero-order valence-electron chi connectivity index (χ0n) is 11.5. The van der Waals surface area contributed by atoms with Crippen LogP contribution in [0.3, 0.4) is 0 Å². The number of rotatable bonds is 4. The van der Waals surface area contributed by atoms with Gasteiger partial charge in [-0.15, -0.1) is 0 Å². The van der Waals surface area contributed by atoms with Crippen LogP contribution >= 0.6 is 0 Å². The van der Waals surface area contributed by atoms with Gasteiger partial charge in [-0.1, -0.05) is 13.8 Å². The van der Waals surface area contributed by atoms with E-state index in [2.05, 4.69) is 5.32 Å². The van der Waals surface area contributed by atoms with Crippen molar-refractivity contribution in [1.29, 1.82) is 0 Å². The SMILES string of the molecule is CC(C)C(=O)NC1CC(C(=O)N(C)C(C)C)C1. The molecule has 0 aromatic heterocycles. The third kappa shape index (κ3) is 3.45.